The lowest BCUT2D eigenvalue weighted by Crippen LogP contribution is -2.19. The fourth-order valence-corrected chi connectivity index (χ4v) is 3.16. The number of azo groups is 1. The summed E-state index contributed by atoms with van der Waals surface area (Å²) in [5, 5.41) is 9.64. The third-order valence-electron chi connectivity index (χ3n) is 3.05. The van der Waals surface area contributed by atoms with Gasteiger partial charge in [0.2, 0.25) is 0 Å². The summed E-state index contributed by atoms with van der Waals surface area (Å²) in [6.45, 7) is 0. The highest BCUT2D eigenvalue weighted by atomic mass is 32.2. The van der Waals surface area contributed by atoms with Crippen LogP contribution in [0.2, 0.25) is 0 Å². The van der Waals surface area contributed by atoms with Gasteiger partial charge in [-0.2, -0.15) is 16.8 Å². The molecule has 0 fully saturated rings. The third-order valence-corrected chi connectivity index (χ3v) is 4.78. The first-order chi connectivity index (χ1) is 12.4. The van der Waals surface area contributed by atoms with Crippen LogP contribution in [0.3, 0.4) is 0 Å². The SMILES string of the molecule is NC(=O)Nc1cc(N)ccc1N=Nc1ccc(S(=O)(=O)O)cc1S(=O)(=O)O. The molecule has 0 aliphatic rings. The highest BCUT2D eigenvalue weighted by molar-refractivity contribution is 7.86. The molecule has 144 valence electrons. The summed E-state index contributed by atoms with van der Waals surface area (Å²) in [5.74, 6) is 0. The van der Waals surface area contributed by atoms with Crippen molar-refractivity contribution in [2.75, 3.05) is 11.1 Å². The molecular formula is C13H13N5O7S2. The Kier molecular flexibility index (Phi) is 5.46. The fraction of sp³-hybridized carbons (Fsp3) is 0. The van der Waals surface area contributed by atoms with E-state index in [2.05, 4.69) is 15.5 Å². The Morgan fingerprint density at radius 1 is 0.926 bits per heavy atom. The molecule has 0 bridgehead atoms. The lowest BCUT2D eigenvalue weighted by Gasteiger charge is -2.07. The number of carbonyl (C=O) groups excluding carboxylic acids is 1. The Morgan fingerprint density at radius 2 is 1.52 bits per heavy atom. The van der Waals surface area contributed by atoms with Gasteiger partial charge in [0.15, 0.2) is 0 Å². The van der Waals surface area contributed by atoms with Crippen LogP contribution in [0.4, 0.5) is 27.5 Å². The highest BCUT2D eigenvalue weighted by Crippen LogP contribution is 2.32. The van der Waals surface area contributed by atoms with E-state index in [1.54, 1.807) is 0 Å². The average molecular weight is 415 g/mol. The number of urea groups is 1. The molecule has 14 heteroatoms. The summed E-state index contributed by atoms with van der Waals surface area (Å²) < 4.78 is 63.5. The minimum atomic E-state index is -4.90. The summed E-state index contributed by atoms with van der Waals surface area (Å²) >= 11 is 0. The Morgan fingerprint density at radius 3 is 2.07 bits per heavy atom. The number of hydrogen-bond donors (Lipinski definition) is 5. The highest BCUT2D eigenvalue weighted by Gasteiger charge is 2.20. The molecule has 0 heterocycles. The quantitative estimate of drug-likeness (QED) is 0.274. The lowest BCUT2D eigenvalue weighted by atomic mass is 10.2. The second-order valence-corrected chi connectivity index (χ2v) is 7.86. The number of nitrogen functional groups attached to an aromatic ring is 1. The van der Waals surface area contributed by atoms with Crippen molar-refractivity contribution in [1.29, 1.82) is 0 Å². The van der Waals surface area contributed by atoms with Crippen LogP contribution in [0.25, 0.3) is 0 Å². The van der Waals surface area contributed by atoms with Gasteiger partial charge in [0, 0.05) is 5.69 Å². The third kappa shape index (κ3) is 5.20. The molecule has 0 spiro atoms. The summed E-state index contributed by atoms with van der Waals surface area (Å²) in [7, 11) is -9.61. The predicted octanol–water partition coefficient (Wildman–Crippen LogP) is 1.67. The normalized spacial score (nSPS) is 12.2. The number of nitrogens with two attached hydrogens (primary N) is 2. The van der Waals surface area contributed by atoms with E-state index in [1.807, 2.05) is 0 Å². The van der Waals surface area contributed by atoms with E-state index in [-0.39, 0.29) is 17.1 Å². The van der Waals surface area contributed by atoms with Crippen molar-refractivity contribution in [3.63, 3.8) is 0 Å². The number of hydrogen-bond acceptors (Lipinski definition) is 8. The van der Waals surface area contributed by atoms with Crippen molar-refractivity contribution in [1.82, 2.24) is 0 Å². The van der Waals surface area contributed by atoms with Crippen LogP contribution < -0.4 is 16.8 Å². The number of amides is 2. The van der Waals surface area contributed by atoms with Crippen LogP contribution in [0.1, 0.15) is 0 Å². The minimum Gasteiger partial charge on any atom is -0.399 e. The number of primary amides is 1. The lowest BCUT2D eigenvalue weighted by molar-refractivity contribution is 0.259. The van der Waals surface area contributed by atoms with Crippen molar-refractivity contribution in [3.05, 3.63) is 36.4 Å². The van der Waals surface area contributed by atoms with Crippen LogP contribution in [0.15, 0.2) is 56.4 Å². The Hall–Kier alpha value is -3.07. The topological polar surface area (TPSA) is 215 Å². The average Bonchev–Trinajstić information content (AvgIpc) is 2.51. The van der Waals surface area contributed by atoms with Gasteiger partial charge in [-0.3, -0.25) is 9.11 Å². The zero-order valence-electron chi connectivity index (χ0n) is 13.3. The van der Waals surface area contributed by atoms with Gasteiger partial charge in [0.1, 0.15) is 16.3 Å². The fourth-order valence-electron chi connectivity index (χ4n) is 1.93. The molecule has 0 saturated carbocycles. The molecule has 7 N–H and O–H groups in total. The van der Waals surface area contributed by atoms with Gasteiger partial charge in [0.25, 0.3) is 20.2 Å². The van der Waals surface area contributed by atoms with Gasteiger partial charge in [-0.25, -0.2) is 4.79 Å². The molecule has 12 nitrogen and oxygen atoms in total. The molecule has 0 aliphatic carbocycles. The summed E-state index contributed by atoms with van der Waals surface area (Å²) in [6, 6.07) is 5.48. The van der Waals surface area contributed by atoms with Crippen molar-refractivity contribution >= 4 is 49.0 Å². The van der Waals surface area contributed by atoms with E-state index in [4.69, 9.17) is 16.0 Å². The first kappa shape index (κ1) is 20.2. The summed E-state index contributed by atoms with van der Waals surface area (Å²) in [4.78, 5) is 9.36. The zero-order valence-corrected chi connectivity index (χ0v) is 14.9. The van der Waals surface area contributed by atoms with Crippen molar-refractivity contribution in [3.8, 4) is 0 Å². The van der Waals surface area contributed by atoms with E-state index >= 15 is 0 Å². The molecule has 2 rings (SSSR count). The van der Waals surface area contributed by atoms with Crippen LogP contribution >= 0.6 is 0 Å². The van der Waals surface area contributed by atoms with E-state index < -0.39 is 41.7 Å². The summed E-state index contributed by atoms with van der Waals surface area (Å²) in [5.41, 5.74) is 10.6. The van der Waals surface area contributed by atoms with Gasteiger partial charge in [-0.15, -0.1) is 10.2 Å². The second kappa shape index (κ2) is 7.28. The predicted molar refractivity (Wildman–Crippen MR) is 94.3 cm³/mol. The summed E-state index contributed by atoms with van der Waals surface area (Å²) in [6.07, 6.45) is 0. The minimum absolute atomic E-state index is 0.0446. The smallest absolute Gasteiger partial charge is 0.316 e. The Balaban J connectivity index is 2.56. The first-order valence-corrected chi connectivity index (χ1v) is 9.72. The standard InChI is InChI=1S/C13H13N5O7S2/c14-7-1-3-9(11(5-7)16-13(15)19)17-18-10-4-2-8(26(20,21)22)6-12(10)27(23,24)25/h1-6H,14H2,(H3,15,16,19)(H,20,21,22)(H,23,24,25). The number of carbonyl (C=O) groups is 1. The van der Waals surface area contributed by atoms with Crippen LogP contribution in [0, 0.1) is 0 Å². The van der Waals surface area contributed by atoms with Crippen LogP contribution in [-0.4, -0.2) is 32.0 Å². The van der Waals surface area contributed by atoms with Crippen molar-refractivity contribution in [2.24, 2.45) is 16.0 Å². The Labute approximate surface area is 153 Å². The van der Waals surface area contributed by atoms with Gasteiger partial charge in [-0.05, 0) is 36.4 Å². The number of nitrogens with one attached hydrogen (secondary N) is 1. The maximum atomic E-state index is 11.5. The number of anilines is 2. The van der Waals surface area contributed by atoms with Gasteiger partial charge < -0.3 is 16.8 Å². The van der Waals surface area contributed by atoms with E-state index in [9.17, 15) is 26.2 Å². The monoisotopic (exact) mass is 415 g/mol. The molecular weight excluding hydrogens is 402 g/mol. The second-order valence-electron chi connectivity index (χ2n) is 5.05. The number of rotatable bonds is 5. The molecule has 2 aromatic carbocycles. The Bertz CT molecular complexity index is 1140. The number of nitrogens with zero attached hydrogens (tertiary/aromatic N) is 2. The van der Waals surface area contributed by atoms with Crippen LogP contribution in [-0.2, 0) is 20.2 Å². The largest absolute Gasteiger partial charge is 0.399 e. The van der Waals surface area contributed by atoms with Gasteiger partial charge in [-0.1, -0.05) is 0 Å². The molecule has 2 aromatic rings. The molecule has 0 unspecified atom stereocenters. The molecule has 0 radical (unpaired) electrons. The van der Waals surface area contributed by atoms with Gasteiger partial charge >= 0.3 is 6.03 Å². The van der Waals surface area contributed by atoms with E-state index in [0.717, 1.165) is 12.1 Å². The zero-order chi connectivity index (χ0) is 20.4. The van der Waals surface area contributed by atoms with Gasteiger partial charge in [0.05, 0.1) is 10.6 Å². The maximum Gasteiger partial charge on any atom is 0.316 e. The molecule has 0 atom stereocenters. The molecule has 0 saturated heterocycles. The molecule has 0 aliphatic heterocycles. The van der Waals surface area contributed by atoms with Crippen molar-refractivity contribution < 1.29 is 30.7 Å². The molecule has 0 aromatic heterocycles. The van der Waals surface area contributed by atoms with E-state index in [0.29, 0.717) is 6.07 Å². The van der Waals surface area contributed by atoms with Crippen LogP contribution in [0.5, 0.6) is 0 Å². The first-order valence-electron chi connectivity index (χ1n) is 6.84. The molecule has 2 amide bonds. The van der Waals surface area contributed by atoms with Crippen molar-refractivity contribution in [2.45, 2.75) is 9.79 Å². The maximum absolute atomic E-state index is 11.5. The van der Waals surface area contributed by atoms with E-state index in [1.165, 1.54) is 18.2 Å². The number of benzene rings is 2. The molecule has 27 heavy (non-hydrogen) atoms.